The van der Waals surface area contributed by atoms with Crippen LogP contribution in [0.15, 0.2) is 18.2 Å². The molecule has 0 aliphatic carbocycles. The molecule has 0 aromatic heterocycles. The zero-order valence-electron chi connectivity index (χ0n) is 10.3. The summed E-state index contributed by atoms with van der Waals surface area (Å²) in [6.07, 6.45) is 2.24. The molecule has 4 nitrogen and oxygen atoms in total. The number of hydrogen-bond donors (Lipinski definition) is 2. The minimum Gasteiger partial charge on any atom is -0.481 e. The molecule has 0 aliphatic rings. The lowest BCUT2D eigenvalue weighted by Crippen LogP contribution is -2.25. The molecule has 0 spiro atoms. The molecular weight excluding hydrogens is 289 g/mol. The number of carbonyl (C=O) groups excluding carboxylic acids is 1. The van der Waals surface area contributed by atoms with Crippen LogP contribution >= 0.6 is 23.2 Å². The summed E-state index contributed by atoms with van der Waals surface area (Å²) in [5.41, 5.74) is 0.274. The summed E-state index contributed by atoms with van der Waals surface area (Å²) >= 11 is 11.8. The number of amides is 1. The zero-order chi connectivity index (χ0) is 14.3. The summed E-state index contributed by atoms with van der Waals surface area (Å²) in [5, 5.41) is 11.8. The number of nitrogens with one attached hydrogen (secondary N) is 1. The SMILES string of the molecule is O=C(O)CCCCCNC(=O)c1c(Cl)cccc1Cl. The fraction of sp³-hybridized carbons (Fsp3) is 0.385. The van der Waals surface area contributed by atoms with Crippen molar-refractivity contribution in [1.82, 2.24) is 5.32 Å². The Bertz CT molecular complexity index is 443. The molecule has 1 aromatic carbocycles. The summed E-state index contributed by atoms with van der Waals surface area (Å²) in [7, 11) is 0. The van der Waals surface area contributed by atoms with Crippen molar-refractivity contribution in [2.45, 2.75) is 25.7 Å². The highest BCUT2D eigenvalue weighted by Gasteiger charge is 2.13. The second kappa shape index (κ2) is 8.02. The number of rotatable bonds is 7. The van der Waals surface area contributed by atoms with Gasteiger partial charge in [0.25, 0.3) is 5.91 Å². The van der Waals surface area contributed by atoms with Crippen LogP contribution in [0.4, 0.5) is 0 Å². The number of benzene rings is 1. The lowest BCUT2D eigenvalue weighted by molar-refractivity contribution is -0.137. The summed E-state index contributed by atoms with van der Waals surface area (Å²) < 4.78 is 0. The van der Waals surface area contributed by atoms with Gasteiger partial charge in [0, 0.05) is 13.0 Å². The number of aliphatic carboxylic acids is 1. The minimum atomic E-state index is -0.799. The molecule has 6 heteroatoms. The van der Waals surface area contributed by atoms with Crippen molar-refractivity contribution in [3.8, 4) is 0 Å². The molecule has 1 rings (SSSR count). The normalized spacial score (nSPS) is 10.2. The third-order valence-electron chi connectivity index (χ3n) is 2.54. The van der Waals surface area contributed by atoms with Crippen molar-refractivity contribution < 1.29 is 14.7 Å². The highest BCUT2D eigenvalue weighted by molar-refractivity contribution is 6.39. The number of halogens is 2. The molecule has 1 amide bonds. The van der Waals surface area contributed by atoms with Gasteiger partial charge in [0.1, 0.15) is 0 Å². The van der Waals surface area contributed by atoms with Crippen LogP contribution in [-0.4, -0.2) is 23.5 Å². The van der Waals surface area contributed by atoms with Crippen LogP contribution in [0.2, 0.25) is 10.0 Å². The Labute approximate surface area is 121 Å². The van der Waals surface area contributed by atoms with E-state index in [0.29, 0.717) is 23.0 Å². The molecule has 104 valence electrons. The minimum absolute atomic E-state index is 0.157. The van der Waals surface area contributed by atoms with Gasteiger partial charge < -0.3 is 10.4 Å². The Balaban J connectivity index is 2.34. The predicted octanol–water partition coefficient (Wildman–Crippen LogP) is 3.37. The fourth-order valence-electron chi connectivity index (χ4n) is 1.58. The number of hydrogen-bond acceptors (Lipinski definition) is 2. The van der Waals surface area contributed by atoms with E-state index in [2.05, 4.69) is 5.32 Å². The molecule has 0 radical (unpaired) electrons. The van der Waals surface area contributed by atoms with Crippen LogP contribution in [0, 0.1) is 0 Å². The Kier molecular flexibility index (Phi) is 6.67. The van der Waals surface area contributed by atoms with E-state index in [1.165, 1.54) is 0 Å². The van der Waals surface area contributed by atoms with E-state index < -0.39 is 5.97 Å². The highest BCUT2D eigenvalue weighted by Crippen LogP contribution is 2.23. The van der Waals surface area contributed by atoms with Crippen LogP contribution in [0.5, 0.6) is 0 Å². The van der Waals surface area contributed by atoms with Gasteiger partial charge in [-0.3, -0.25) is 9.59 Å². The van der Waals surface area contributed by atoms with E-state index in [0.717, 1.165) is 12.8 Å². The Morgan fingerprint density at radius 3 is 2.32 bits per heavy atom. The van der Waals surface area contributed by atoms with Gasteiger partial charge in [-0.2, -0.15) is 0 Å². The van der Waals surface area contributed by atoms with Crippen LogP contribution in [-0.2, 0) is 4.79 Å². The molecule has 0 heterocycles. The Morgan fingerprint density at radius 1 is 1.11 bits per heavy atom. The van der Waals surface area contributed by atoms with E-state index >= 15 is 0 Å². The second-order valence-electron chi connectivity index (χ2n) is 4.06. The molecule has 0 fully saturated rings. The maximum absolute atomic E-state index is 11.9. The third kappa shape index (κ3) is 5.49. The van der Waals surface area contributed by atoms with Gasteiger partial charge in [0.15, 0.2) is 0 Å². The topological polar surface area (TPSA) is 66.4 Å². The average molecular weight is 304 g/mol. The Morgan fingerprint density at radius 2 is 1.74 bits per heavy atom. The molecule has 1 aromatic rings. The summed E-state index contributed by atoms with van der Waals surface area (Å²) in [6.45, 7) is 0.472. The lowest BCUT2D eigenvalue weighted by Gasteiger charge is -2.08. The van der Waals surface area contributed by atoms with Crippen LogP contribution in [0.25, 0.3) is 0 Å². The average Bonchev–Trinajstić information content (AvgIpc) is 2.33. The quantitative estimate of drug-likeness (QED) is 0.759. The van der Waals surface area contributed by atoms with E-state index in [1.54, 1.807) is 18.2 Å². The molecule has 0 atom stereocenters. The molecular formula is C13H15Cl2NO3. The smallest absolute Gasteiger partial charge is 0.303 e. The van der Waals surface area contributed by atoms with Gasteiger partial charge in [-0.1, -0.05) is 35.7 Å². The first-order chi connectivity index (χ1) is 9.02. The fourth-order valence-corrected chi connectivity index (χ4v) is 2.15. The van der Waals surface area contributed by atoms with Gasteiger partial charge in [-0.15, -0.1) is 0 Å². The summed E-state index contributed by atoms with van der Waals surface area (Å²) in [6, 6.07) is 4.89. The van der Waals surface area contributed by atoms with Crippen LogP contribution < -0.4 is 5.32 Å². The van der Waals surface area contributed by atoms with Crippen LogP contribution in [0.3, 0.4) is 0 Å². The van der Waals surface area contributed by atoms with Gasteiger partial charge in [-0.05, 0) is 25.0 Å². The van der Waals surface area contributed by atoms with E-state index in [4.69, 9.17) is 28.3 Å². The van der Waals surface area contributed by atoms with Gasteiger partial charge in [-0.25, -0.2) is 0 Å². The Hall–Kier alpha value is -1.26. The largest absolute Gasteiger partial charge is 0.481 e. The standard InChI is InChI=1S/C13H15Cl2NO3/c14-9-5-4-6-10(15)12(9)13(19)16-8-3-1-2-7-11(17)18/h4-6H,1-3,7-8H2,(H,16,19)(H,17,18). The zero-order valence-corrected chi connectivity index (χ0v) is 11.8. The molecule has 19 heavy (non-hydrogen) atoms. The predicted molar refractivity (Wildman–Crippen MR) is 74.9 cm³/mol. The van der Waals surface area contributed by atoms with Crippen molar-refractivity contribution in [3.05, 3.63) is 33.8 Å². The first-order valence-corrected chi connectivity index (χ1v) is 6.72. The summed E-state index contributed by atoms with van der Waals surface area (Å²) in [5.74, 6) is -1.11. The number of carboxylic acid groups (broad SMARTS) is 1. The van der Waals surface area contributed by atoms with Crippen molar-refractivity contribution in [2.75, 3.05) is 6.54 Å². The van der Waals surface area contributed by atoms with E-state index in [1.807, 2.05) is 0 Å². The van der Waals surface area contributed by atoms with Gasteiger partial charge >= 0.3 is 5.97 Å². The number of carbonyl (C=O) groups is 2. The van der Waals surface area contributed by atoms with Crippen LogP contribution in [0.1, 0.15) is 36.0 Å². The monoisotopic (exact) mass is 303 g/mol. The molecule has 0 aliphatic heterocycles. The first kappa shape index (κ1) is 15.8. The molecule has 0 saturated carbocycles. The molecule has 0 bridgehead atoms. The first-order valence-electron chi connectivity index (χ1n) is 5.96. The maximum Gasteiger partial charge on any atom is 0.303 e. The van der Waals surface area contributed by atoms with E-state index in [9.17, 15) is 9.59 Å². The van der Waals surface area contributed by atoms with E-state index in [-0.39, 0.29) is 17.9 Å². The summed E-state index contributed by atoms with van der Waals surface area (Å²) in [4.78, 5) is 22.2. The van der Waals surface area contributed by atoms with Crippen molar-refractivity contribution in [1.29, 1.82) is 0 Å². The van der Waals surface area contributed by atoms with Crippen molar-refractivity contribution in [2.24, 2.45) is 0 Å². The number of unbranched alkanes of at least 4 members (excludes halogenated alkanes) is 2. The van der Waals surface area contributed by atoms with Gasteiger partial charge in [0.2, 0.25) is 0 Å². The van der Waals surface area contributed by atoms with Gasteiger partial charge in [0.05, 0.1) is 15.6 Å². The number of carboxylic acids is 1. The molecule has 0 saturated heterocycles. The second-order valence-corrected chi connectivity index (χ2v) is 4.87. The lowest BCUT2D eigenvalue weighted by atomic mass is 10.2. The molecule has 2 N–H and O–H groups in total. The highest BCUT2D eigenvalue weighted by atomic mass is 35.5. The molecule has 0 unspecified atom stereocenters. The van der Waals surface area contributed by atoms with Crippen molar-refractivity contribution in [3.63, 3.8) is 0 Å². The third-order valence-corrected chi connectivity index (χ3v) is 3.17. The maximum atomic E-state index is 11.9. The van der Waals surface area contributed by atoms with Crippen molar-refractivity contribution >= 4 is 35.1 Å².